The van der Waals surface area contributed by atoms with Crippen molar-refractivity contribution < 1.29 is 13.9 Å². The zero-order chi connectivity index (χ0) is 14.9. The van der Waals surface area contributed by atoms with E-state index in [1.807, 2.05) is 0 Å². The predicted octanol–water partition coefficient (Wildman–Crippen LogP) is 4.33. The molecular formula is C17H24F2O. The lowest BCUT2D eigenvalue weighted by molar-refractivity contribution is -0.0799. The van der Waals surface area contributed by atoms with Crippen molar-refractivity contribution in [3.05, 3.63) is 35.4 Å². The van der Waals surface area contributed by atoms with E-state index in [4.69, 9.17) is 0 Å². The summed E-state index contributed by atoms with van der Waals surface area (Å²) in [4.78, 5) is 0. The van der Waals surface area contributed by atoms with Crippen molar-refractivity contribution in [2.75, 3.05) is 0 Å². The van der Waals surface area contributed by atoms with Gasteiger partial charge in [0.2, 0.25) is 0 Å². The molecule has 2 rings (SSSR count). The lowest BCUT2D eigenvalue weighted by Gasteiger charge is -2.45. The van der Waals surface area contributed by atoms with Gasteiger partial charge >= 0.3 is 0 Å². The molecule has 0 aliphatic heterocycles. The smallest absolute Gasteiger partial charge is 0.129 e. The highest BCUT2D eigenvalue weighted by Gasteiger charge is 2.43. The molecule has 1 aromatic rings. The summed E-state index contributed by atoms with van der Waals surface area (Å²) in [7, 11) is 0. The fourth-order valence-corrected chi connectivity index (χ4v) is 3.74. The van der Waals surface area contributed by atoms with Gasteiger partial charge in [-0.3, -0.25) is 0 Å². The van der Waals surface area contributed by atoms with Crippen LogP contribution in [0.15, 0.2) is 18.2 Å². The Hall–Kier alpha value is -0.960. The summed E-state index contributed by atoms with van der Waals surface area (Å²) < 4.78 is 26.8. The van der Waals surface area contributed by atoms with Crippen molar-refractivity contribution in [3.63, 3.8) is 0 Å². The van der Waals surface area contributed by atoms with Gasteiger partial charge in [0.05, 0.1) is 5.60 Å². The van der Waals surface area contributed by atoms with Crippen LogP contribution in [0.1, 0.15) is 45.6 Å². The summed E-state index contributed by atoms with van der Waals surface area (Å²) in [5.41, 5.74) is -0.474. The fourth-order valence-electron chi connectivity index (χ4n) is 3.74. The summed E-state index contributed by atoms with van der Waals surface area (Å²) in [6.07, 6.45) is 3.04. The van der Waals surface area contributed by atoms with Gasteiger partial charge in [0, 0.05) is 12.5 Å². The second-order valence-corrected chi connectivity index (χ2v) is 6.75. The normalized spacial score (nSPS) is 30.8. The van der Waals surface area contributed by atoms with E-state index in [9.17, 15) is 13.9 Å². The highest BCUT2D eigenvalue weighted by molar-refractivity contribution is 5.21. The number of hydrogen-bond donors (Lipinski definition) is 1. The van der Waals surface area contributed by atoms with Gasteiger partial charge < -0.3 is 5.11 Å². The van der Waals surface area contributed by atoms with Crippen LogP contribution in [-0.4, -0.2) is 10.7 Å². The molecule has 1 aliphatic carbocycles. The van der Waals surface area contributed by atoms with Crippen molar-refractivity contribution in [2.45, 2.75) is 52.1 Å². The van der Waals surface area contributed by atoms with E-state index in [-0.39, 0.29) is 12.3 Å². The van der Waals surface area contributed by atoms with Gasteiger partial charge in [0.15, 0.2) is 0 Å². The Balaban J connectivity index is 2.26. The molecule has 3 unspecified atom stereocenters. The molecule has 1 N–H and O–H groups in total. The highest BCUT2D eigenvalue weighted by atomic mass is 19.1. The minimum absolute atomic E-state index is 0.170. The van der Waals surface area contributed by atoms with Gasteiger partial charge in [-0.2, -0.15) is 0 Å². The first-order valence-corrected chi connectivity index (χ1v) is 7.48. The van der Waals surface area contributed by atoms with Gasteiger partial charge in [0.1, 0.15) is 11.6 Å². The lowest BCUT2D eigenvalue weighted by Crippen LogP contribution is -2.47. The summed E-state index contributed by atoms with van der Waals surface area (Å²) in [6.45, 7) is 6.34. The molecule has 0 heterocycles. The number of rotatable bonds is 3. The molecule has 1 aliphatic rings. The summed E-state index contributed by atoms with van der Waals surface area (Å²) >= 11 is 0. The molecule has 112 valence electrons. The Morgan fingerprint density at radius 1 is 1.30 bits per heavy atom. The molecule has 0 spiro atoms. The van der Waals surface area contributed by atoms with Crippen LogP contribution >= 0.6 is 0 Å². The second-order valence-electron chi connectivity index (χ2n) is 6.75. The summed E-state index contributed by atoms with van der Waals surface area (Å²) in [5.74, 6) is -0.160. The topological polar surface area (TPSA) is 20.2 Å². The Bertz CT molecular complexity index is 472. The van der Waals surface area contributed by atoms with Gasteiger partial charge in [-0.05, 0) is 42.2 Å². The molecule has 0 amide bonds. The molecule has 1 aromatic carbocycles. The minimum Gasteiger partial charge on any atom is -0.389 e. The van der Waals surface area contributed by atoms with Crippen molar-refractivity contribution in [1.29, 1.82) is 0 Å². The van der Waals surface area contributed by atoms with Gasteiger partial charge in [-0.25, -0.2) is 8.78 Å². The first-order valence-electron chi connectivity index (χ1n) is 7.48. The Labute approximate surface area is 120 Å². The standard InChI is InChI=1S/C17H24F2O/c1-11(2)15-7-4-12(3)9-17(15,20)10-13-5-6-14(18)8-16(13)19/h5-6,8,11-12,15,20H,4,7,9-10H2,1-3H3. The number of aliphatic hydroxyl groups is 1. The van der Waals surface area contributed by atoms with E-state index in [1.54, 1.807) is 0 Å². The maximum absolute atomic E-state index is 13.8. The van der Waals surface area contributed by atoms with Crippen molar-refractivity contribution >= 4 is 0 Å². The quantitative estimate of drug-likeness (QED) is 0.875. The second kappa shape index (κ2) is 5.80. The average molecular weight is 282 g/mol. The third kappa shape index (κ3) is 3.20. The van der Waals surface area contributed by atoms with E-state index in [0.29, 0.717) is 23.8 Å². The SMILES string of the molecule is CC1CCC(C(C)C)C(O)(Cc2ccc(F)cc2F)C1. The van der Waals surface area contributed by atoms with Crippen molar-refractivity contribution in [1.82, 2.24) is 0 Å². The average Bonchev–Trinajstić information content (AvgIpc) is 2.32. The maximum Gasteiger partial charge on any atom is 0.129 e. The zero-order valence-electron chi connectivity index (χ0n) is 12.5. The third-order valence-electron chi connectivity index (χ3n) is 4.68. The van der Waals surface area contributed by atoms with Gasteiger partial charge in [-0.15, -0.1) is 0 Å². The van der Waals surface area contributed by atoms with Crippen LogP contribution in [0.2, 0.25) is 0 Å². The zero-order valence-corrected chi connectivity index (χ0v) is 12.5. The van der Waals surface area contributed by atoms with Crippen molar-refractivity contribution in [3.8, 4) is 0 Å². The molecule has 1 fully saturated rings. The van der Waals surface area contributed by atoms with Crippen LogP contribution in [0.3, 0.4) is 0 Å². The minimum atomic E-state index is -0.884. The third-order valence-corrected chi connectivity index (χ3v) is 4.68. The molecule has 3 heteroatoms. The van der Waals surface area contributed by atoms with E-state index in [2.05, 4.69) is 20.8 Å². The summed E-state index contributed by atoms with van der Waals surface area (Å²) in [5, 5.41) is 11.1. The molecule has 0 radical (unpaired) electrons. The number of benzene rings is 1. The van der Waals surface area contributed by atoms with Crippen LogP contribution in [0.5, 0.6) is 0 Å². The first-order chi connectivity index (χ1) is 9.32. The molecular weight excluding hydrogens is 258 g/mol. The predicted molar refractivity (Wildman–Crippen MR) is 76.4 cm³/mol. The Morgan fingerprint density at radius 3 is 2.60 bits per heavy atom. The van der Waals surface area contributed by atoms with Gasteiger partial charge in [-0.1, -0.05) is 33.3 Å². The highest BCUT2D eigenvalue weighted by Crippen LogP contribution is 2.43. The van der Waals surface area contributed by atoms with Crippen LogP contribution in [-0.2, 0) is 6.42 Å². The van der Waals surface area contributed by atoms with Crippen LogP contribution < -0.4 is 0 Å². The molecule has 1 saturated carbocycles. The first kappa shape index (κ1) is 15.4. The molecule has 0 bridgehead atoms. The maximum atomic E-state index is 13.8. The van der Waals surface area contributed by atoms with Crippen LogP contribution in [0, 0.1) is 29.4 Å². The molecule has 0 aromatic heterocycles. The monoisotopic (exact) mass is 282 g/mol. The largest absolute Gasteiger partial charge is 0.389 e. The van der Waals surface area contributed by atoms with E-state index >= 15 is 0 Å². The Morgan fingerprint density at radius 2 is 2.00 bits per heavy atom. The van der Waals surface area contributed by atoms with Crippen LogP contribution in [0.4, 0.5) is 8.78 Å². The number of hydrogen-bond acceptors (Lipinski definition) is 1. The van der Waals surface area contributed by atoms with Crippen LogP contribution in [0.25, 0.3) is 0 Å². The fraction of sp³-hybridized carbons (Fsp3) is 0.647. The van der Waals surface area contributed by atoms with Crippen molar-refractivity contribution in [2.24, 2.45) is 17.8 Å². The molecule has 3 atom stereocenters. The van der Waals surface area contributed by atoms with Gasteiger partial charge in [0.25, 0.3) is 0 Å². The number of halogens is 2. The van der Waals surface area contributed by atoms with E-state index in [0.717, 1.165) is 18.9 Å². The Kier molecular flexibility index (Phi) is 4.48. The van der Waals surface area contributed by atoms with E-state index < -0.39 is 17.2 Å². The summed E-state index contributed by atoms with van der Waals surface area (Å²) in [6, 6.07) is 3.62. The lowest BCUT2D eigenvalue weighted by atomic mass is 9.65. The van der Waals surface area contributed by atoms with E-state index in [1.165, 1.54) is 12.1 Å². The molecule has 20 heavy (non-hydrogen) atoms. The molecule has 1 nitrogen and oxygen atoms in total. The molecule has 0 saturated heterocycles.